The topological polar surface area (TPSA) is 28.2 Å². The molecule has 3 heteroatoms. The van der Waals surface area contributed by atoms with Gasteiger partial charge >= 0.3 is 0 Å². The van der Waals surface area contributed by atoms with Gasteiger partial charge in [-0.1, -0.05) is 6.07 Å². The van der Waals surface area contributed by atoms with Crippen LogP contribution in [0.1, 0.15) is 18.9 Å². The molecule has 1 aromatic heterocycles. The molecule has 0 amide bonds. The van der Waals surface area contributed by atoms with Gasteiger partial charge in [-0.15, -0.1) is 0 Å². The first-order valence-electron chi connectivity index (χ1n) is 5.29. The minimum atomic E-state index is 0.929. The van der Waals surface area contributed by atoms with Gasteiger partial charge in [-0.2, -0.15) is 0 Å². The van der Waals surface area contributed by atoms with E-state index in [0.717, 1.165) is 18.9 Å². The van der Waals surface area contributed by atoms with Crippen LogP contribution >= 0.6 is 0 Å². The van der Waals surface area contributed by atoms with E-state index in [4.69, 9.17) is 0 Å². The molecule has 0 saturated carbocycles. The number of aromatic nitrogens is 1. The minimum absolute atomic E-state index is 0.929. The van der Waals surface area contributed by atoms with Gasteiger partial charge in [0.1, 0.15) is 5.82 Å². The van der Waals surface area contributed by atoms with Crippen LogP contribution in [-0.2, 0) is 6.54 Å². The Morgan fingerprint density at radius 3 is 2.79 bits per heavy atom. The Hall–Kier alpha value is -1.09. The van der Waals surface area contributed by atoms with E-state index in [9.17, 15) is 0 Å². The van der Waals surface area contributed by atoms with Gasteiger partial charge < -0.3 is 5.32 Å². The first-order chi connectivity index (χ1) is 6.88. The molecule has 0 unspecified atom stereocenters. The van der Waals surface area contributed by atoms with Crippen molar-refractivity contribution in [1.82, 2.24) is 9.88 Å². The molecule has 76 valence electrons. The standard InChI is InChI=1S/C11H17N3/c1-2-12-11-5-4-10(8-13-11)9-14-6-3-7-14/h4-5,8H,2-3,6-7,9H2,1H3,(H,12,13). The van der Waals surface area contributed by atoms with Crippen LogP contribution in [0.25, 0.3) is 0 Å². The summed E-state index contributed by atoms with van der Waals surface area (Å²) < 4.78 is 0. The van der Waals surface area contributed by atoms with E-state index in [0.29, 0.717) is 0 Å². The lowest BCUT2D eigenvalue weighted by molar-refractivity contribution is 0.172. The zero-order valence-corrected chi connectivity index (χ0v) is 8.66. The minimum Gasteiger partial charge on any atom is -0.370 e. The summed E-state index contributed by atoms with van der Waals surface area (Å²) in [5.41, 5.74) is 1.31. The van der Waals surface area contributed by atoms with Crippen molar-refractivity contribution in [3.63, 3.8) is 0 Å². The predicted octanol–water partition coefficient (Wildman–Crippen LogP) is 1.72. The summed E-state index contributed by atoms with van der Waals surface area (Å²) in [6.45, 7) is 6.55. The molecule has 2 rings (SSSR count). The van der Waals surface area contributed by atoms with Crippen LogP contribution in [-0.4, -0.2) is 29.5 Å². The van der Waals surface area contributed by atoms with Crippen LogP contribution in [0.3, 0.4) is 0 Å². The van der Waals surface area contributed by atoms with Crippen molar-refractivity contribution < 1.29 is 0 Å². The smallest absolute Gasteiger partial charge is 0.125 e. The SMILES string of the molecule is CCNc1ccc(CN2CCC2)cn1. The highest BCUT2D eigenvalue weighted by Gasteiger charge is 2.13. The number of likely N-dealkylation sites (tertiary alicyclic amines) is 1. The summed E-state index contributed by atoms with van der Waals surface area (Å²) in [6, 6.07) is 4.21. The number of hydrogen-bond donors (Lipinski definition) is 1. The van der Waals surface area contributed by atoms with Gasteiger partial charge in [0.15, 0.2) is 0 Å². The molecule has 3 nitrogen and oxygen atoms in total. The highest BCUT2D eigenvalue weighted by atomic mass is 15.2. The molecule has 1 aliphatic rings. The van der Waals surface area contributed by atoms with Crippen LogP contribution in [0.15, 0.2) is 18.3 Å². The second-order valence-electron chi connectivity index (χ2n) is 3.71. The fourth-order valence-electron chi connectivity index (χ4n) is 1.60. The molecule has 0 radical (unpaired) electrons. The van der Waals surface area contributed by atoms with Crippen LogP contribution in [0, 0.1) is 0 Å². The maximum atomic E-state index is 4.34. The molecule has 1 aliphatic heterocycles. The van der Waals surface area contributed by atoms with Crippen molar-refractivity contribution >= 4 is 5.82 Å². The summed E-state index contributed by atoms with van der Waals surface area (Å²) in [4.78, 5) is 6.78. The zero-order chi connectivity index (χ0) is 9.80. The summed E-state index contributed by atoms with van der Waals surface area (Å²) in [6.07, 6.45) is 3.32. The largest absolute Gasteiger partial charge is 0.370 e. The third kappa shape index (κ3) is 2.23. The molecular formula is C11H17N3. The van der Waals surface area contributed by atoms with Gasteiger partial charge in [0, 0.05) is 19.3 Å². The van der Waals surface area contributed by atoms with E-state index in [1.54, 1.807) is 0 Å². The number of hydrogen-bond acceptors (Lipinski definition) is 3. The predicted molar refractivity (Wildman–Crippen MR) is 58.3 cm³/mol. The second kappa shape index (κ2) is 4.42. The molecule has 14 heavy (non-hydrogen) atoms. The van der Waals surface area contributed by atoms with Gasteiger partial charge in [-0.25, -0.2) is 4.98 Å². The van der Waals surface area contributed by atoms with Crippen molar-refractivity contribution in [1.29, 1.82) is 0 Å². The number of rotatable bonds is 4. The molecule has 2 heterocycles. The van der Waals surface area contributed by atoms with E-state index >= 15 is 0 Å². The average Bonchev–Trinajstić information content (AvgIpc) is 2.14. The van der Waals surface area contributed by atoms with Crippen molar-refractivity contribution in [2.75, 3.05) is 25.0 Å². The molecular weight excluding hydrogens is 174 g/mol. The van der Waals surface area contributed by atoms with E-state index in [2.05, 4.69) is 34.3 Å². The number of nitrogens with zero attached hydrogens (tertiary/aromatic N) is 2. The monoisotopic (exact) mass is 191 g/mol. The van der Waals surface area contributed by atoms with Gasteiger partial charge in [0.05, 0.1) is 0 Å². The Bertz CT molecular complexity index is 277. The Kier molecular flexibility index (Phi) is 2.99. The maximum Gasteiger partial charge on any atom is 0.125 e. The molecule has 0 aliphatic carbocycles. The van der Waals surface area contributed by atoms with E-state index in [-0.39, 0.29) is 0 Å². The molecule has 0 bridgehead atoms. The number of nitrogens with one attached hydrogen (secondary N) is 1. The Morgan fingerprint density at radius 1 is 1.43 bits per heavy atom. The van der Waals surface area contributed by atoms with Gasteiger partial charge in [0.25, 0.3) is 0 Å². The molecule has 1 saturated heterocycles. The third-order valence-electron chi connectivity index (χ3n) is 2.54. The fraction of sp³-hybridized carbons (Fsp3) is 0.545. The van der Waals surface area contributed by atoms with Crippen LogP contribution in [0.2, 0.25) is 0 Å². The van der Waals surface area contributed by atoms with Crippen LogP contribution in [0.4, 0.5) is 5.82 Å². The average molecular weight is 191 g/mol. The molecule has 0 aromatic carbocycles. The summed E-state index contributed by atoms with van der Waals surface area (Å²) in [7, 11) is 0. The van der Waals surface area contributed by atoms with Crippen LogP contribution < -0.4 is 5.32 Å². The van der Waals surface area contributed by atoms with E-state index < -0.39 is 0 Å². The van der Waals surface area contributed by atoms with Crippen molar-refractivity contribution in [2.45, 2.75) is 19.9 Å². The molecule has 1 aromatic rings. The summed E-state index contributed by atoms with van der Waals surface area (Å²) in [5.74, 6) is 0.972. The molecule has 1 fully saturated rings. The quantitative estimate of drug-likeness (QED) is 0.785. The molecule has 0 atom stereocenters. The van der Waals surface area contributed by atoms with E-state index in [1.807, 2.05) is 6.20 Å². The fourth-order valence-corrected chi connectivity index (χ4v) is 1.60. The second-order valence-corrected chi connectivity index (χ2v) is 3.71. The summed E-state index contributed by atoms with van der Waals surface area (Å²) in [5, 5.41) is 3.19. The van der Waals surface area contributed by atoms with E-state index in [1.165, 1.54) is 25.1 Å². The molecule has 1 N–H and O–H groups in total. The first kappa shape index (κ1) is 9.46. The lowest BCUT2D eigenvalue weighted by atomic mass is 10.2. The van der Waals surface area contributed by atoms with Gasteiger partial charge in [0.2, 0.25) is 0 Å². The lowest BCUT2D eigenvalue weighted by Crippen LogP contribution is -2.36. The van der Waals surface area contributed by atoms with Gasteiger partial charge in [-0.05, 0) is 38.1 Å². The number of anilines is 1. The third-order valence-corrected chi connectivity index (χ3v) is 2.54. The Balaban J connectivity index is 1.91. The first-order valence-corrected chi connectivity index (χ1v) is 5.29. The zero-order valence-electron chi connectivity index (χ0n) is 8.66. The lowest BCUT2D eigenvalue weighted by Gasteiger charge is -2.30. The molecule has 0 spiro atoms. The van der Waals surface area contributed by atoms with Crippen molar-refractivity contribution in [3.05, 3.63) is 23.9 Å². The summed E-state index contributed by atoms with van der Waals surface area (Å²) >= 11 is 0. The Labute approximate surface area is 85.1 Å². The maximum absolute atomic E-state index is 4.34. The van der Waals surface area contributed by atoms with Crippen molar-refractivity contribution in [2.24, 2.45) is 0 Å². The number of pyridine rings is 1. The van der Waals surface area contributed by atoms with Gasteiger partial charge in [-0.3, -0.25) is 4.90 Å². The highest BCUT2D eigenvalue weighted by molar-refractivity contribution is 5.35. The normalized spacial score (nSPS) is 16.4. The highest BCUT2D eigenvalue weighted by Crippen LogP contribution is 2.12. The van der Waals surface area contributed by atoms with Crippen molar-refractivity contribution in [3.8, 4) is 0 Å². The Morgan fingerprint density at radius 2 is 2.29 bits per heavy atom. The van der Waals surface area contributed by atoms with Crippen LogP contribution in [0.5, 0.6) is 0 Å².